The second-order valence-electron chi connectivity index (χ2n) is 4.63. The van der Waals surface area contributed by atoms with Gasteiger partial charge in [-0.2, -0.15) is 5.10 Å². The molecule has 0 aliphatic heterocycles. The third-order valence-corrected chi connectivity index (χ3v) is 3.23. The first-order chi connectivity index (χ1) is 11.8. The number of nitrogens with zero attached hydrogens (tertiary/aromatic N) is 3. The van der Waals surface area contributed by atoms with Crippen molar-refractivity contribution in [2.45, 2.75) is 0 Å². The Morgan fingerprint density at radius 1 is 1.16 bits per heavy atom. The van der Waals surface area contributed by atoms with E-state index in [2.05, 4.69) is 5.10 Å². The lowest BCUT2D eigenvalue weighted by Gasteiger charge is -2.04. The summed E-state index contributed by atoms with van der Waals surface area (Å²) in [6.45, 7) is 0. The number of carbonyl (C=O) groups excluding carboxylic acids is 1. The number of carbonyl (C=O) groups is 1. The Balaban J connectivity index is 2.27. The van der Waals surface area contributed by atoms with Gasteiger partial charge in [0.1, 0.15) is 0 Å². The largest absolute Gasteiger partial charge is 0.502 e. The Kier molecular flexibility index (Phi) is 5.25. The van der Waals surface area contributed by atoms with E-state index in [4.69, 9.17) is 11.6 Å². The van der Waals surface area contributed by atoms with Crippen LogP contribution < -0.4 is 5.43 Å². The quantitative estimate of drug-likeness (QED) is 0.473. The summed E-state index contributed by atoms with van der Waals surface area (Å²) in [6.07, 6.45) is 1.26. The van der Waals surface area contributed by atoms with E-state index in [0.717, 1.165) is 6.07 Å². The van der Waals surface area contributed by atoms with Gasteiger partial charge in [0.15, 0.2) is 0 Å². The van der Waals surface area contributed by atoms with Crippen LogP contribution in [0.5, 0.6) is 5.75 Å². The summed E-state index contributed by atoms with van der Waals surface area (Å²) in [5.74, 6) is -2.04. The Hall–Kier alpha value is -3.53. The van der Waals surface area contributed by atoms with Crippen molar-refractivity contribution >= 4 is 35.1 Å². The number of hydrogen-bond donors (Lipinski definition) is 2. The zero-order valence-corrected chi connectivity index (χ0v) is 13.0. The fourth-order valence-electron chi connectivity index (χ4n) is 1.80. The van der Waals surface area contributed by atoms with Crippen molar-refractivity contribution in [2.24, 2.45) is 5.10 Å². The number of phenols is 1. The van der Waals surface area contributed by atoms with Crippen LogP contribution in [0.15, 0.2) is 41.5 Å². The molecule has 0 aliphatic rings. The fraction of sp³-hybridized carbons (Fsp3) is 0. The van der Waals surface area contributed by atoms with Crippen LogP contribution in [0.3, 0.4) is 0 Å². The van der Waals surface area contributed by atoms with Crippen LogP contribution in [-0.2, 0) is 0 Å². The number of nitro groups is 2. The first kappa shape index (κ1) is 17.8. The van der Waals surface area contributed by atoms with Crippen LogP contribution in [0.4, 0.5) is 11.4 Å². The van der Waals surface area contributed by atoms with E-state index in [1.807, 2.05) is 5.43 Å². The molecule has 2 aromatic rings. The molecule has 0 aliphatic carbocycles. The molecule has 0 saturated carbocycles. The fourth-order valence-corrected chi connectivity index (χ4v) is 1.92. The molecule has 0 atom stereocenters. The third kappa shape index (κ3) is 4.26. The van der Waals surface area contributed by atoms with Gasteiger partial charge in [0, 0.05) is 11.1 Å². The minimum absolute atomic E-state index is 0.509. The number of halogens is 1. The molecule has 0 spiro atoms. The van der Waals surface area contributed by atoms with Gasteiger partial charge in [0.25, 0.3) is 11.6 Å². The molecule has 128 valence electrons. The molecule has 1 amide bonds. The Bertz CT molecular complexity index is 882. The smallest absolute Gasteiger partial charge is 0.318 e. The lowest BCUT2D eigenvalue weighted by atomic mass is 10.1. The molecule has 10 nitrogen and oxygen atoms in total. The van der Waals surface area contributed by atoms with Crippen LogP contribution in [0.25, 0.3) is 0 Å². The second-order valence-corrected chi connectivity index (χ2v) is 5.06. The number of rotatable bonds is 5. The number of aromatic hydroxyl groups is 1. The number of hydrogen-bond acceptors (Lipinski definition) is 7. The zero-order valence-electron chi connectivity index (χ0n) is 12.2. The van der Waals surface area contributed by atoms with E-state index >= 15 is 0 Å². The standard InChI is InChI=1S/C14H9ClN4O6/c15-9-3-1-8(2-4-9)7-16-17-14(21)11-5-10(18(22)23)6-12(13(11)20)19(24)25/h1-7,20H,(H,17,21)/b16-7-. The molecule has 2 rings (SSSR count). The molecule has 0 heterocycles. The van der Waals surface area contributed by atoms with Gasteiger partial charge >= 0.3 is 5.69 Å². The Morgan fingerprint density at radius 2 is 1.80 bits per heavy atom. The molecular formula is C14H9ClN4O6. The highest BCUT2D eigenvalue weighted by Crippen LogP contribution is 2.34. The summed E-state index contributed by atoms with van der Waals surface area (Å²) in [6, 6.07) is 7.71. The maximum Gasteiger partial charge on any atom is 0.318 e. The molecule has 0 bridgehead atoms. The predicted octanol–water partition coefficient (Wildman–Crippen LogP) is 2.63. The van der Waals surface area contributed by atoms with Crippen molar-refractivity contribution in [2.75, 3.05) is 0 Å². The van der Waals surface area contributed by atoms with Crippen LogP contribution >= 0.6 is 11.6 Å². The number of amides is 1. The zero-order chi connectivity index (χ0) is 18.6. The van der Waals surface area contributed by atoms with Crippen LogP contribution in [0.1, 0.15) is 15.9 Å². The molecule has 11 heteroatoms. The normalized spacial score (nSPS) is 10.6. The Morgan fingerprint density at radius 3 is 2.36 bits per heavy atom. The van der Waals surface area contributed by atoms with Crippen LogP contribution in [0, 0.1) is 20.2 Å². The molecule has 25 heavy (non-hydrogen) atoms. The molecule has 0 fully saturated rings. The number of hydrazone groups is 1. The summed E-state index contributed by atoms with van der Waals surface area (Å²) in [4.78, 5) is 31.7. The average Bonchev–Trinajstić information content (AvgIpc) is 2.56. The monoisotopic (exact) mass is 364 g/mol. The van der Waals surface area contributed by atoms with E-state index in [1.54, 1.807) is 24.3 Å². The predicted molar refractivity (Wildman–Crippen MR) is 87.9 cm³/mol. The van der Waals surface area contributed by atoms with Gasteiger partial charge in [0.05, 0.1) is 27.7 Å². The summed E-state index contributed by atoms with van der Waals surface area (Å²) in [7, 11) is 0. The minimum Gasteiger partial charge on any atom is -0.502 e. The van der Waals surface area contributed by atoms with E-state index in [-0.39, 0.29) is 0 Å². The van der Waals surface area contributed by atoms with E-state index < -0.39 is 38.4 Å². The van der Waals surface area contributed by atoms with E-state index in [1.165, 1.54) is 6.21 Å². The number of benzene rings is 2. The lowest BCUT2D eigenvalue weighted by Crippen LogP contribution is -2.18. The molecular weight excluding hydrogens is 356 g/mol. The van der Waals surface area contributed by atoms with Crippen molar-refractivity contribution < 1.29 is 19.7 Å². The highest BCUT2D eigenvalue weighted by Gasteiger charge is 2.27. The maximum absolute atomic E-state index is 12.0. The summed E-state index contributed by atoms with van der Waals surface area (Å²) in [5.41, 5.74) is 0.310. The highest BCUT2D eigenvalue weighted by molar-refractivity contribution is 6.30. The van der Waals surface area contributed by atoms with Crippen molar-refractivity contribution in [3.8, 4) is 5.75 Å². The first-order valence-electron chi connectivity index (χ1n) is 6.54. The van der Waals surface area contributed by atoms with Crippen molar-refractivity contribution in [3.63, 3.8) is 0 Å². The topological polar surface area (TPSA) is 148 Å². The molecule has 0 saturated heterocycles. The van der Waals surface area contributed by atoms with Gasteiger partial charge < -0.3 is 5.11 Å². The number of nitro benzene ring substituents is 2. The van der Waals surface area contributed by atoms with Crippen molar-refractivity contribution in [3.05, 3.63) is 72.8 Å². The summed E-state index contributed by atoms with van der Waals surface area (Å²) in [5, 5.41) is 35.6. The third-order valence-electron chi connectivity index (χ3n) is 2.98. The van der Waals surface area contributed by atoms with Gasteiger partial charge in [-0.15, -0.1) is 0 Å². The van der Waals surface area contributed by atoms with Gasteiger partial charge in [-0.3, -0.25) is 25.0 Å². The first-order valence-corrected chi connectivity index (χ1v) is 6.92. The van der Waals surface area contributed by atoms with Gasteiger partial charge in [0.2, 0.25) is 5.75 Å². The van der Waals surface area contributed by atoms with Gasteiger partial charge in [-0.05, 0) is 17.7 Å². The number of nitrogens with one attached hydrogen (secondary N) is 1. The summed E-state index contributed by atoms with van der Waals surface area (Å²) >= 11 is 5.72. The Labute approximate surface area is 144 Å². The lowest BCUT2D eigenvalue weighted by molar-refractivity contribution is -0.394. The van der Waals surface area contributed by atoms with Crippen molar-refractivity contribution in [1.29, 1.82) is 0 Å². The van der Waals surface area contributed by atoms with Gasteiger partial charge in [-0.1, -0.05) is 23.7 Å². The SMILES string of the molecule is O=C(N/N=C\c1ccc(Cl)cc1)c1cc([N+](=O)[O-])cc([N+](=O)[O-])c1O. The second kappa shape index (κ2) is 7.36. The number of phenolic OH excluding ortho intramolecular Hbond substituents is 1. The molecule has 2 N–H and O–H groups in total. The van der Waals surface area contributed by atoms with Gasteiger partial charge in [-0.25, -0.2) is 5.43 Å². The van der Waals surface area contributed by atoms with Crippen LogP contribution in [-0.4, -0.2) is 27.1 Å². The minimum atomic E-state index is -1.05. The average molecular weight is 365 g/mol. The molecule has 0 aromatic heterocycles. The number of non-ortho nitro benzene ring substituents is 1. The molecule has 0 unspecified atom stereocenters. The molecule has 2 aromatic carbocycles. The maximum atomic E-state index is 12.0. The van der Waals surface area contributed by atoms with E-state index in [9.17, 15) is 30.1 Å². The van der Waals surface area contributed by atoms with E-state index in [0.29, 0.717) is 16.7 Å². The van der Waals surface area contributed by atoms with Crippen LogP contribution in [0.2, 0.25) is 5.02 Å². The molecule has 0 radical (unpaired) electrons. The van der Waals surface area contributed by atoms with Crippen molar-refractivity contribution in [1.82, 2.24) is 5.43 Å². The highest BCUT2D eigenvalue weighted by atomic mass is 35.5. The summed E-state index contributed by atoms with van der Waals surface area (Å²) < 4.78 is 0.